The highest BCUT2D eigenvalue weighted by Crippen LogP contribution is 2.40. The number of carbonyl (C=O) groups is 1. The van der Waals surface area contributed by atoms with Gasteiger partial charge in [0.25, 0.3) is 5.91 Å². The zero-order valence-electron chi connectivity index (χ0n) is 16.3. The number of ether oxygens (including phenoxy) is 1. The minimum absolute atomic E-state index is 0.000981. The topological polar surface area (TPSA) is 70.6 Å². The molecule has 0 spiro atoms. The van der Waals surface area contributed by atoms with Crippen LogP contribution in [0.25, 0.3) is 0 Å². The van der Waals surface area contributed by atoms with Crippen LogP contribution >= 0.6 is 23.4 Å². The Balaban J connectivity index is 1.67. The summed E-state index contributed by atoms with van der Waals surface area (Å²) in [7, 11) is 0. The van der Waals surface area contributed by atoms with Crippen molar-refractivity contribution in [2.45, 2.75) is 31.2 Å². The van der Waals surface area contributed by atoms with Crippen molar-refractivity contribution in [3.8, 4) is 0 Å². The summed E-state index contributed by atoms with van der Waals surface area (Å²) >= 11 is 8.05. The molecule has 1 unspecified atom stereocenters. The minimum Gasteiger partial charge on any atom is -0.378 e. The number of hydrogen-bond donors (Lipinski definition) is 1. The number of anilines is 2. The third-order valence-corrected chi connectivity index (χ3v) is 6.20. The Labute approximate surface area is 179 Å². The highest BCUT2D eigenvalue weighted by Gasteiger charge is 2.39. The average Bonchev–Trinajstić information content (AvgIpc) is 3.12. The van der Waals surface area contributed by atoms with Crippen LogP contribution in [0.2, 0.25) is 5.15 Å². The van der Waals surface area contributed by atoms with Gasteiger partial charge in [-0.15, -0.1) is 0 Å². The summed E-state index contributed by atoms with van der Waals surface area (Å²) in [6.07, 6.45) is 0.453. The first kappa shape index (κ1) is 20.3. The molecule has 9 heteroatoms. The van der Waals surface area contributed by atoms with Crippen LogP contribution < -0.4 is 10.2 Å². The van der Waals surface area contributed by atoms with E-state index in [4.69, 9.17) is 21.3 Å². The number of carbonyl (C=O) groups excluding carboxylic acids is 1. The van der Waals surface area contributed by atoms with E-state index < -0.39 is 6.17 Å². The number of hydrogen-bond acceptors (Lipinski definition) is 7. The molecule has 2 aliphatic rings. The summed E-state index contributed by atoms with van der Waals surface area (Å²) in [5.74, 6) is 1.59. The maximum atomic E-state index is 13.3. The van der Waals surface area contributed by atoms with E-state index in [0.29, 0.717) is 54.7 Å². The Bertz CT molecular complexity index is 863. The highest BCUT2D eigenvalue weighted by molar-refractivity contribution is 7.99. The molecule has 1 amide bonds. The molecule has 154 valence electrons. The molecule has 1 fully saturated rings. The SMILES string of the molecule is CCCSc1nc(Cl)c2c(n1)N(Cc1ccccc1)C(C(=O)N1CCOCC1)N2. The van der Waals surface area contributed by atoms with Crippen molar-refractivity contribution in [3.63, 3.8) is 0 Å². The second-order valence-corrected chi connectivity index (χ2v) is 8.36. The molecule has 1 aromatic carbocycles. The minimum atomic E-state index is -0.568. The van der Waals surface area contributed by atoms with Crippen molar-refractivity contribution >= 4 is 40.8 Å². The smallest absolute Gasteiger partial charge is 0.266 e. The first-order valence-electron chi connectivity index (χ1n) is 9.81. The van der Waals surface area contributed by atoms with Crippen molar-refractivity contribution in [3.05, 3.63) is 41.0 Å². The van der Waals surface area contributed by atoms with Gasteiger partial charge >= 0.3 is 0 Å². The lowest BCUT2D eigenvalue weighted by Gasteiger charge is -2.33. The van der Waals surface area contributed by atoms with Crippen molar-refractivity contribution in [2.75, 3.05) is 42.3 Å². The van der Waals surface area contributed by atoms with E-state index in [-0.39, 0.29) is 5.91 Å². The van der Waals surface area contributed by atoms with Gasteiger partial charge in [-0.25, -0.2) is 9.97 Å². The molecular weight excluding hydrogens is 410 g/mol. The van der Waals surface area contributed by atoms with Crippen LogP contribution in [0, 0.1) is 0 Å². The van der Waals surface area contributed by atoms with Crippen LogP contribution in [0.4, 0.5) is 11.5 Å². The van der Waals surface area contributed by atoms with Gasteiger partial charge in [0.15, 0.2) is 22.3 Å². The number of aromatic nitrogens is 2. The summed E-state index contributed by atoms with van der Waals surface area (Å²) in [6, 6.07) is 10.1. The number of morpholine rings is 1. The van der Waals surface area contributed by atoms with Crippen LogP contribution in [-0.4, -0.2) is 59.0 Å². The lowest BCUT2D eigenvalue weighted by Crippen LogP contribution is -2.53. The van der Waals surface area contributed by atoms with Crippen LogP contribution in [0.1, 0.15) is 18.9 Å². The van der Waals surface area contributed by atoms with Gasteiger partial charge in [-0.2, -0.15) is 0 Å². The Morgan fingerprint density at radius 1 is 1.28 bits per heavy atom. The number of amides is 1. The number of thioether (sulfide) groups is 1. The monoisotopic (exact) mass is 433 g/mol. The first-order chi connectivity index (χ1) is 14.2. The molecule has 4 rings (SSSR count). The standard InChI is InChI=1S/C20H24ClN5O2S/c1-2-12-29-20-23-16(21)15-17(24-20)26(13-14-6-4-3-5-7-14)18(22-15)19(27)25-8-10-28-11-9-25/h3-7,18,22H,2,8-13H2,1H3. The molecule has 0 saturated carbocycles. The van der Waals surface area contributed by atoms with Gasteiger partial charge in [0.2, 0.25) is 0 Å². The summed E-state index contributed by atoms with van der Waals surface area (Å²) in [6.45, 7) is 4.95. The Morgan fingerprint density at radius 3 is 2.76 bits per heavy atom. The average molecular weight is 434 g/mol. The maximum Gasteiger partial charge on any atom is 0.266 e. The molecule has 1 N–H and O–H groups in total. The van der Waals surface area contributed by atoms with Gasteiger partial charge in [0.05, 0.1) is 13.2 Å². The van der Waals surface area contributed by atoms with Crippen LogP contribution in [-0.2, 0) is 16.1 Å². The van der Waals surface area contributed by atoms with Gasteiger partial charge in [-0.05, 0) is 12.0 Å². The number of benzene rings is 1. The Hall–Kier alpha value is -2.03. The second kappa shape index (κ2) is 9.19. The van der Waals surface area contributed by atoms with Crippen molar-refractivity contribution in [1.29, 1.82) is 0 Å². The van der Waals surface area contributed by atoms with Crippen LogP contribution in [0.5, 0.6) is 0 Å². The fourth-order valence-electron chi connectivity index (χ4n) is 3.43. The van der Waals surface area contributed by atoms with Gasteiger partial charge in [-0.3, -0.25) is 4.79 Å². The zero-order chi connectivity index (χ0) is 20.2. The highest BCUT2D eigenvalue weighted by atomic mass is 35.5. The quantitative estimate of drug-likeness (QED) is 0.426. The predicted octanol–water partition coefficient (Wildman–Crippen LogP) is 3.25. The molecule has 1 atom stereocenters. The summed E-state index contributed by atoms with van der Waals surface area (Å²) in [4.78, 5) is 26.3. The third-order valence-electron chi connectivity index (χ3n) is 4.88. The molecule has 29 heavy (non-hydrogen) atoms. The van der Waals surface area contributed by atoms with E-state index in [1.165, 1.54) is 0 Å². The van der Waals surface area contributed by atoms with Gasteiger partial charge in [-0.1, -0.05) is 60.6 Å². The van der Waals surface area contributed by atoms with Gasteiger partial charge in [0.1, 0.15) is 5.69 Å². The predicted molar refractivity (Wildman–Crippen MR) is 115 cm³/mol. The molecule has 0 bridgehead atoms. The molecule has 7 nitrogen and oxygen atoms in total. The van der Waals surface area contributed by atoms with Crippen molar-refractivity contribution < 1.29 is 9.53 Å². The lowest BCUT2D eigenvalue weighted by molar-refractivity contribution is -0.136. The molecule has 2 aromatic rings. The van der Waals surface area contributed by atoms with Gasteiger partial charge < -0.3 is 19.9 Å². The summed E-state index contributed by atoms with van der Waals surface area (Å²) in [5, 5.41) is 4.27. The number of nitrogens with one attached hydrogen (secondary N) is 1. The summed E-state index contributed by atoms with van der Waals surface area (Å²) < 4.78 is 5.40. The maximum absolute atomic E-state index is 13.3. The van der Waals surface area contributed by atoms with Crippen molar-refractivity contribution in [2.24, 2.45) is 0 Å². The molecule has 0 radical (unpaired) electrons. The second-order valence-electron chi connectivity index (χ2n) is 6.94. The molecule has 2 aliphatic heterocycles. The largest absolute Gasteiger partial charge is 0.378 e. The van der Waals surface area contributed by atoms with Crippen LogP contribution in [0.15, 0.2) is 35.5 Å². The van der Waals surface area contributed by atoms with Gasteiger partial charge in [0, 0.05) is 25.4 Å². The van der Waals surface area contributed by atoms with E-state index in [1.807, 2.05) is 40.1 Å². The molecule has 3 heterocycles. The number of nitrogens with zero attached hydrogens (tertiary/aromatic N) is 4. The normalized spacial score (nSPS) is 18.5. The lowest BCUT2D eigenvalue weighted by atomic mass is 10.2. The van der Waals surface area contributed by atoms with E-state index in [1.54, 1.807) is 11.8 Å². The number of rotatable bonds is 6. The summed E-state index contributed by atoms with van der Waals surface area (Å²) in [5.41, 5.74) is 1.72. The van der Waals surface area contributed by atoms with Crippen molar-refractivity contribution in [1.82, 2.24) is 14.9 Å². The molecule has 1 saturated heterocycles. The molecule has 0 aliphatic carbocycles. The molecule has 1 aromatic heterocycles. The number of fused-ring (bicyclic) bond motifs is 1. The molecular formula is C20H24ClN5O2S. The third kappa shape index (κ3) is 4.44. The van der Waals surface area contributed by atoms with E-state index in [9.17, 15) is 4.79 Å². The Kier molecular flexibility index (Phi) is 6.42. The zero-order valence-corrected chi connectivity index (χ0v) is 17.9. The van der Waals surface area contributed by atoms with E-state index in [0.717, 1.165) is 17.7 Å². The van der Waals surface area contributed by atoms with E-state index in [2.05, 4.69) is 17.2 Å². The Morgan fingerprint density at radius 2 is 2.03 bits per heavy atom. The fourth-order valence-corrected chi connectivity index (χ4v) is 4.39. The fraction of sp³-hybridized carbons (Fsp3) is 0.450. The van der Waals surface area contributed by atoms with Crippen LogP contribution in [0.3, 0.4) is 0 Å². The van der Waals surface area contributed by atoms with E-state index >= 15 is 0 Å². The number of halogens is 1. The first-order valence-corrected chi connectivity index (χ1v) is 11.2.